The molecule has 0 fully saturated rings. The average Bonchev–Trinajstić information content (AvgIpc) is 3.05. The minimum absolute atomic E-state index is 0.0340. The lowest BCUT2D eigenvalue weighted by Gasteiger charge is -2.35. The Bertz CT molecular complexity index is 713. The number of hydrogen-bond acceptors (Lipinski definition) is 5. The van der Waals surface area contributed by atoms with Crippen molar-refractivity contribution in [2.45, 2.75) is 52.1 Å². The van der Waals surface area contributed by atoms with E-state index < -0.39 is 0 Å². The van der Waals surface area contributed by atoms with Gasteiger partial charge < -0.3 is 9.84 Å². The second-order valence-corrected chi connectivity index (χ2v) is 6.59. The van der Waals surface area contributed by atoms with Gasteiger partial charge in [0.1, 0.15) is 0 Å². The number of carbonyl (C=O) groups is 1. The summed E-state index contributed by atoms with van der Waals surface area (Å²) in [5.41, 5.74) is 2.86. The van der Waals surface area contributed by atoms with Crippen molar-refractivity contribution >= 4 is 5.91 Å². The molecule has 6 nitrogen and oxygen atoms in total. The molecule has 0 saturated heterocycles. The highest BCUT2D eigenvalue weighted by atomic mass is 16.5. The van der Waals surface area contributed by atoms with Gasteiger partial charge in [-0.2, -0.15) is 4.98 Å². The molecular weight excluding hydrogens is 316 g/mol. The monoisotopic (exact) mass is 342 g/mol. The third-order valence-electron chi connectivity index (χ3n) is 4.82. The van der Waals surface area contributed by atoms with Crippen LogP contribution >= 0.6 is 0 Å². The Balaban J connectivity index is 1.47. The van der Waals surface area contributed by atoms with E-state index in [0.29, 0.717) is 37.1 Å². The normalized spacial score (nSPS) is 15.6. The van der Waals surface area contributed by atoms with E-state index in [1.54, 1.807) is 6.92 Å². The molecule has 1 unspecified atom stereocenters. The van der Waals surface area contributed by atoms with Gasteiger partial charge in [0.05, 0.1) is 0 Å². The number of nitrogens with zero attached hydrogens (tertiary/aromatic N) is 3. The van der Waals surface area contributed by atoms with Crippen LogP contribution in [0.3, 0.4) is 0 Å². The van der Waals surface area contributed by atoms with Crippen molar-refractivity contribution in [2.75, 3.05) is 13.1 Å². The fraction of sp³-hybridized carbons (Fsp3) is 0.526. The molecule has 1 aliphatic rings. The number of carbonyl (C=O) groups excluding carboxylic acids is 1. The van der Waals surface area contributed by atoms with Gasteiger partial charge in [0, 0.05) is 38.5 Å². The van der Waals surface area contributed by atoms with Gasteiger partial charge >= 0.3 is 0 Å². The zero-order chi connectivity index (χ0) is 17.6. The van der Waals surface area contributed by atoms with Crippen LogP contribution in [0.1, 0.15) is 42.6 Å². The Morgan fingerprint density at radius 1 is 1.36 bits per heavy atom. The third-order valence-corrected chi connectivity index (χ3v) is 4.82. The molecule has 2 heterocycles. The van der Waals surface area contributed by atoms with Gasteiger partial charge in [-0.25, -0.2) is 0 Å². The number of fused-ring (bicyclic) bond motifs is 1. The number of benzene rings is 1. The second kappa shape index (κ2) is 8.25. The Hall–Kier alpha value is -2.21. The summed E-state index contributed by atoms with van der Waals surface area (Å²) in [6.45, 7) is 6.65. The third kappa shape index (κ3) is 4.66. The summed E-state index contributed by atoms with van der Waals surface area (Å²) in [6.07, 6.45) is 2.96. The van der Waals surface area contributed by atoms with Crippen LogP contribution in [-0.4, -0.2) is 40.1 Å². The number of rotatable bonds is 7. The molecule has 0 aliphatic carbocycles. The van der Waals surface area contributed by atoms with Gasteiger partial charge in [0.2, 0.25) is 11.8 Å². The largest absolute Gasteiger partial charge is 0.355 e. The van der Waals surface area contributed by atoms with Crippen LogP contribution in [0.15, 0.2) is 28.8 Å². The van der Waals surface area contributed by atoms with E-state index in [4.69, 9.17) is 4.52 Å². The number of hydrogen-bond donors (Lipinski definition) is 1. The average molecular weight is 342 g/mol. The molecule has 1 aliphatic heterocycles. The number of amides is 1. The highest BCUT2D eigenvalue weighted by Crippen LogP contribution is 2.21. The molecule has 1 aromatic heterocycles. The zero-order valence-corrected chi connectivity index (χ0v) is 15.0. The molecule has 1 amide bonds. The van der Waals surface area contributed by atoms with Crippen LogP contribution in [0.4, 0.5) is 0 Å². The standard InChI is InChI=1S/C19H26N4O2/c1-3-17(23-11-10-15-6-4-5-7-16(15)13-23)12-20-18(24)8-9-19-21-14(2)22-25-19/h4-7,17H,3,8-13H2,1-2H3,(H,20,24). The van der Waals surface area contributed by atoms with E-state index in [0.717, 1.165) is 25.9 Å². The molecule has 1 atom stereocenters. The van der Waals surface area contributed by atoms with Crippen molar-refractivity contribution in [3.8, 4) is 0 Å². The fourth-order valence-electron chi connectivity index (χ4n) is 3.34. The Morgan fingerprint density at radius 3 is 2.88 bits per heavy atom. The Kier molecular flexibility index (Phi) is 5.81. The minimum atomic E-state index is 0.0340. The molecule has 0 spiro atoms. The van der Waals surface area contributed by atoms with Gasteiger partial charge in [-0.3, -0.25) is 9.69 Å². The lowest BCUT2D eigenvalue weighted by molar-refractivity contribution is -0.121. The van der Waals surface area contributed by atoms with E-state index in [9.17, 15) is 4.79 Å². The molecule has 6 heteroatoms. The maximum atomic E-state index is 12.1. The molecule has 134 valence electrons. The highest BCUT2D eigenvalue weighted by molar-refractivity contribution is 5.76. The first-order valence-electron chi connectivity index (χ1n) is 9.02. The lowest BCUT2D eigenvalue weighted by atomic mass is 9.98. The number of nitrogens with one attached hydrogen (secondary N) is 1. The summed E-state index contributed by atoms with van der Waals surface area (Å²) in [6, 6.07) is 9.00. The van der Waals surface area contributed by atoms with E-state index in [-0.39, 0.29) is 5.91 Å². The van der Waals surface area contributed by atoms with Crippen LogP contribution in [0.2, 0.25) is 0 Å². The van der Waals surface area contributed by atoms with Crippen molar-refractivity contribution in [3.05, 3.63) is 47.1 Å². The molecular formula is C19H26N4O2. The van der Waals surface area contributed by atoms with Crippen LogP contribution in [-0.2, 0) is 24.2 Å². The van der Waals surface area contributed by atoms with Crippen molar-refractivity contribution in [3.63, 3.8) is 0 Å². The number of aromatic nitrogens is 2. The first kappa shape index (κ1) is 17.6. The summed E-state index contributed by atoms with van der Waals surface area (Å²) in [7, 11) is 0. The predicted octanol–water partition coefficient (Wildman–Crippen LogP) is 2.26. The maximum absolute atomic E-state index is 12.1. The first-order valence-corrected chi connectivity index (χ1v) is 9.02. The molecule has 1 aromatic carbocycles. The van der Waals surface area contributed by atoms with Gasteiger partial charge in [-0.15, -0.1) is 0 Å². The highest BCUT2D eigenvalue weighted by Gasteiger charge is 2.22. The molecule has 0 bridgehead atoms. The topological polar surface area (TPSA) is 71.3 Å². The van der Waals surface area contributed by atoms with Crippen molar-refractivity contribution in [1.29, 1.82) is 0 Å². The van der Waals surface area contributed by atoms with Crippen molar-refractivity contribution in [2.24, 2.45) is 0 Å². The van der Waals surface area contributed by atoms with Gasteiger partial charge in [0.15, 0.2) is 5.82 Å². The van der Waals surface area contributed by atoms with E-state index in [2.05, 4.69) is 51.5 Å². The Morgan fingerprint density at radius 2 is 2.16 bits per heavy atom. The van der Waals surface area contributed by atoms with Crippen LogP contribution in [0.25, 0.3) is 0 Å². The molecule has 1 N–H and O–H groups in total. The summed E-state index contributed by atoms with van der Waals surface area (Å²) < 4.78 is 5.04. The van der Waals surface area contributed by atoms with Crippen LogP contribution in [0, 0.1) is 6.92 Å². The summed E-state index contributed by atoms with van der Waals surface area (Å²) in [4.78, 5) is 18.7. The van der Waals surface area contributed by atoms with Gasteiger partial charge in [0.25, 0.3) is 0 Å². The van der Waals surface area contributed by atoms with Gasteiger partial charge in [-0.05, 0) is 30.9 Å². The summed E-state index contributed by atoms with van der Waals surface area (Å²) >= 11 is 0. The number of aryl methyl sites for hydroxylation is 2. The Labute approximate surface area is 148 Å². The quantitative estimate of drug-likeness (QED) is 0.836. The first-order chi connectivity index (χ1) is 12.2. The van der Waals surface area contributed by atoms with Crippen LogP contribution < -0.4 is 5.32 Å². The van der Waals surface area contributed by atoms with Gasteiger partial charge in [-0.1, -0.05) is 36.3 Å². The molecule has 25 heavy (non-hydrogen) atoms. The summed E-state index contributed by atoms with van der Waals surface area (Å²) in [5, 5.41) is 6.80. The predicted molar refractivity (Wildman–Crippen MR) is 95.0 cm³/mol. The summed E-state index contributed by atoms with van der Waals surface area (Å²) in [5.74, 6) is 1.16. The SMILES string of the molecule is CCC(CNC(=O)CCc1nc(C)no1)N1CCc2ccccc2C1. The minimum Gasteiger partial charge on any atom is -0.355 e. The molecule has 2 aromatic rings. The molecule has 0 radical (unpaired) electrons. The molecule has 0 saturated carbocycles. The van der Waals surface area contributed by atoms with E-state index in [1.807, 2.05) is 0 Å². The second-order valence-electron chi connectivity index (χ2n) is 6.59. The smallest absolute Gasteiger partial charge is 0.227 e. The molecule has 3 rings (SSSR count). The maximum Gasteiger partial charge on any atom is 0.227 e. The lowest BCUT2D eigenvalue weighted by Crippen LogP contribution is -2.45. The fourth-order valence-corrected chi connectivity index (χ4v) is 3.34. The van der Waals surface area contributed by atoms with E-state index >= 15 is 0 Å². The van der Waals surface area contributed by atoms with Crippen molar-refractivity contribution in [1.82, 2.24) is 20.4 Å². The van der Waals surface area contributed by atoms with E-state index in [1.165, 1.54) is 11.1 Å². The zero-order valence-electron chi connectivity index (χ0n) is 15.0. The van der Waals surface area contributed by atoms with Crippen LogP contribution in [0.5, 0.6) is 0 Å². The van der Waals surface area contributed by atoms with Crippen molar-refractivity contribution < 1.29 is 9.32 Å².